The SMILES string of the molecule is Nc1cc(S(=O)(=O)CCOS(=O)(=O)O)ccc1Br. The van der Waals surface area contributed by atoms with Crippen molar-refractivity contribution in [2.75, 3.05) is 18.1 Å². The summed E-state index contributed by atoms with van der Waals surface area (Å²) in [7, 11) is -8.36. The minimum absolute atomic E-state index is 0.0536. The van der Waals surface area contributed by atoms with Crippen LogP contribution in [0, 0.1) is 0 Å². The molecule has 1 aromatic carbocycles. The summed E-state index contributed by atoms with van der Waals surface area (Å²) in [5, 5.41) is 0. The molecular formula is C8H10BrNO6S2. The lowest BCUT2D eigenvalue weighted by Crippen LogP contribution is -2.15. The molecule has 0 radical (unpaired) electrons. The zero-order valence-corrected chi connectivity index (χ0v) is 12.1. The number of nitrogens with two attached hydrogens (primary N) is 1. The summed E-state index contributed by atoms with van der Waals surface area (Å²) >= 11 is 3.12. The average molecular weight is 360 g/mol. The minimum atomic E-state index is -4.64. The maximum absolute atomic E-state index is 11.8. The molecule has 0 spiro atoms. The first-order chi connectivity index (χ1) is 8.12. The zero-order valence-electron chi connectivity index (χ0n) is 8.91. The molecule has 0 saturated carbocycles. The largest absolute Gasteiger partial charge is 0.398 e. The molecule has 0 fully saturated rings. The molecule has 1 rings (SSSR count). The van der Waals surface area contributed by atoms with Crippen LogP contribution in [0.25, 0.3) is 0 Å². The highest BCUT2D eigenvalue weighted by Crippen LogP contribution is 2.23. The van der Waals surface area contributed by atoms with Crippen molar-refractivity contribution >= 4 is 41.9 Å². The second-order valence-corrected chi connectivity index (χ2v) is 7.31. The van der Waals surface area contributed by atoms with Crippen LogP contribution in [0.2, 0.25) is 0 Å². The first-order valence-corrected chi connectivity index (χ1v) is 8.32. The molecule has 0 aliphatic heterocycles. The number of rotatable bonds is 5. The number of hydrogen-bond acceptors (Lipinski definition) is 6. The molecule has 0 bridgehead atoms. The van der Waals surface area contributed by atoms with E-state index >= 15 is 0 Å². The Labute approximate surface area is 113 Å². The highest BCUT2D eigenvalue weighted by Gasteiger charge is 2.17. The van der Waals surface area contributed by atoms with Crippen LogP contribution in [0.4, 0.5) is 5.69 Å². The van der Waals surface area contributed by atoms with E-state index in [1.54, 1.807) is 0 Å². The van der Waals surface area contributed by atoms with Gasteiger partial charge in [-0.1, -0.05) is 0 Å². The third-order valence-corrected chi connectivity index (χ3v) is 4.77. The maximum atomic E-state index is 11.8. The minimum Gasteiger partial charge on any atom is -0.398 e. The van der Waals surface area contributed by atoms with Crippen molar-refractivity contribution in [2.45, 2.75) is 4.90 Å². The van der Waals surface area contributed by atoms with Gasteiger partial charge in [-0.05, 0) is 34.1 Å². The lowest BCUT2D eigenvalue weighted by molar-refractivity contribution is 0.284. The van der Waals surface area contributed by atoms with E-state index in [9.17, 15) is 16.8 Å². The summed E-state index contributed by atoms with van der Waals surface area (Å²) in [5.41, 5.74) is 5.78. The van der Waals surface area contributed by atoms with Crippen LogP contribution in [0.5, 0.6) is 0 Å². The van der Waals surface area contributed by atoms with Gasteiger partial charge in [0.2, 0.25) is 0 Å². The maximum Gasteiger partial charge on any atom is 0.397 e. The van der Waals surface area contributed by atoms with Gasteiger partial charge in [0, 0.05) is 10.2 Å². The molecule has 0 amide bonds. The molecule has 7 nitrogen and oxygen atoms in total. The molecule has 10 heteroatoms. The summed E-state index contributed by atoms with van der Waals surface area (Å²) < 4.78 is 56.8. The van der Waals surface area contributed by atoms with Gasteiger partial charge in [-0.3, -0.25) is 4.55 Å². The van der Waals surface area contributed by atoms with Gasteiger partial charge < -0.3 is 5.73 Å². The van der Waals surface area contributed by atoms with E-state index in [1.165, 1.54) is 18.2 Å². The molecule has 0 unspecified atom stereocenters. The van der Waals surface area contributed by atoms with E-state index in [0.717, 1.165) is 0 Å². The van der Waals surface area contributed by atoms with Gasteiger partial charge in [0.05, 0.1) is 17.3 Å². The number of hydrogen-bond donors (Lipinski definition) is 2. The van der Waals surface area contributed by atoms with Crippen molar-refractivity contribution in [1.29, 1.82) is 0 Å². The Kier molecular flexibility index (Phi) is 4.72. The third-order valence-electron chi connectivity index (χ3n) is 1.91. The van der Waals surface area contributed by atoms with Crippen LogP contribution in [-0.2, 0) is 24.4 Å². The molecule has 0 aliphatic rings. The van der Waals surface area contributed by atoms with Gasteiger partial charge in [0.15, 0.2) is 9.84 Å². The Morgan fingerprint density at radius 3 is 2.39 bits per heavy atom. The van der Waals surface area contributed by atoms with Gasteiger partial charge in [0.25, 0.3) is 0 Å². The Morgan fingerprint density at radius 2 is 1.89 bits per heavy atom. The van der Waals surface area contributed by atoms with Crippen LogP contribution in [0.3, 0.4) is 0 Å². The first kappa shape index (κ1) is 15.4. The zero-order chi connectivity index (χ0) is 14.0. The molecule has 0 atom stereocenters. The predicted octanol–water partition coefficient (Wildman–Crippen LogP) is 0.624. The molecular weight excluding hydrogens is 350 g/mol. The van der Waals surface area contributed by atoms with Crippen LogP contribution in [0.15, 0.2) is 27.6 Å². The summed E-state index contributed by atoms with van der Waals surface area (Å²) in [6, 6.07) is 4.03. The number of halogens is 1. The van der Waals surface area contributed by atoms with E-state index < -0.39 is 32.6 Å². The normalized spacial score (nSPS) is 12.6. The molecule has 0 aliphatic carbocycles. The lowest BCUT2D eigenvalue weighted by Gasteiger charge is -2.06. The third kappa shape index (κ3) is 4.53. The summed E-state index contributed by atoms with van der Waals surface area (Å²) in [6.07, 6.45) is 0. The molecule has 18 heavy (non-hydrogen) atoms. The fourth-order valence-electron chi connectivity index (χ4n) is 1.08. The second kappa shape index (κ2) is 5.53. The number of nitrogen functional groups attached to an aromatic ring is 1. The average Bonchev–Trinajstić information content (AvgIpc) is 2.19. The Hall–Kier alpha value is -0.680. The second-order valence-electron chi connectivity index (χ2n) is 3.25. The van der Waals surface area contributed by atoms with Crippen LogP contribution >= 0.6 is 15.9 Å². The standard InChI is InChI=1S/C8H10BrNO6S2/c9-7-2-1-6(5-8(7)10)17(11,12)4-3-16-18(13,14)15/h1-2,5H,3-4,10H2,(H,13,14,15). The van der Waals surface area contributed by atoms with Crippen molar-refractivity contribution in [1.82, 2.24) is 0 Å². The smallest absolute Gasteiger partial charge is 0.397 e. The number of anilines is 1. The van der Waals surface area contributed by atoms with Crippen LogP contribution in [0.1, 0.15) is 0 Å². The summed E-state index contributed by atoms with van der Waals surface area (Å²) in [6.45, 7) is -0.670. The van der Waals surface area contributed by atoms with Crippen molar-refractivity contribution in [3.8, 4) is 0 Å². The van der Waals surface area contributed by atoms with Crippen molar-refractivity contribution < 1.29 is 25.6 Å². The van der Waals surface area contributed by atoms with Crippen molar-refractivity contribution in [3.63, 3.8) is 0 Å². The van der Waals surface area contributed by atoms with Crippen molar-refractivity contribution in [2.24, 2.45) is 0 Å². The lowest BCUT2D eigenvalue weighted by atomic mass is 10.3. The fourth-order valence-corrected chi connectivity index (χ4v) is 2.85. The predicted molar refractivity (Wildman–Crippen MR) is 68.1 cm³/mol. The number of benzene rings is 1. The molecule has 0 saturated heterocycles. The van der Waals surface area contributed by atoms with Crippen LogP contribution in [-0.4, -0.2) is 33.7 Å². The van der Waals surface area contributed by atoms with E-state index in [-0.39, 0.29) is 10.6 Å². The van der Waals surface area contributed by atoms with E-state index in [0.29, 0.717) is 4.47 Å². The van der Waals surface area contributed by atoms with Gasteiger partial charge in [0.1, 0.15) is 0 Å². The molecule has 3 N–H and O–H groups in total. The Balaban J connectivity index is 2.84. The monoisotopic (exact) mass is 359 g/mol. The summed E-state index contributed by atoms with van der Waals surface area (Å²) in [4.78, 5) is -0.0536. The topological polar surface area (TPSA) is 124 Å². The Morgan fingerprint density at radius 1 is 1.28 bits per heavy atom. The van der Waals surface area contributed by atoms with E-state index in [1.807, 2.05) is 0 Å². The van der Waals surface area contributed by atoms with Gasteiger partial charge >= 0.3 is 10.4 Å². The number of sulfone groups is 1. The molecule has 0 aromatic heterocycles. The fraction of sp³-hybridized carbons (Fsp3) is 0.250. The highest BCUT2D eigenvalue weighted by molar-refractivity contribution is 9.10. The molecule has 1 aromatic rings. The quantitative estimate of drug-likeness (QED) is 0.583. The van der Waals surface area contributed by atoms with Gasteiger partial charge in [-0.2, -0.15) is 8.42 Å². The van der Waals surface area contributed by atoms with Gasteiger partial charge in [-0.15, -0.1) is 0 Å². The molecule has 0 heterocycles. The highest BCUT2D eigenvalue weighted by atomic mass is 79.9. The van der Waals surface area contributed by atoms with E-state index in [4.69, 9.17) is 10.3 Å². The van der Waals surface area contributed by atoms with Gasteiger partial charge in [-0.25, -0.2) is 12.6 Å². The summed E-state index contributed by atoms with van der Waals surface area (Å²) in [5.74, 6) is -0.589. The Bertz CT molecular complexity index is 640. The van der Waals surface area contributed by atoms with Crippen LogP contribution < -0.4 is 5.73 Å². The van der Waals surface area contributed by atoms with Crippen molar-refractivity contribution in [3.05, 3.63) is 22.7 Å². The first-order valence-electron chi connectivity index (χ1n) is 4.51. The van der Waals surface area contributed by atoms with E-state index in [2.05, 4.69) is 20.1 Å². The molecule has 102 valence electrons.